The number of carbonyl (C=O) groups excluding carboxylic acids is 2. The standard InChI is InChI=1S/C28H31N3O4/c1-19(27(32)29-22-10-6-3-7-11-22)31(17-20-12-15-25-26(16-20)35-18-34-25)28(33)24-14-13-23(30-24)21-8-4-2-5-9-21/h2,4-5,8-9,12-16,19,22,30H,3,6-7,10-11,17-18H2,1H3,(H,29,32)/t19-/m0/s1. The minimum Gasteiger partial charge on any atom is -0.454 e. The van der Waals surface area contributed by atoms with Crippen LogP contribution in [0.5, 0.6) is 11.5 Å². The summed E-state index contributed by atoms with van der Waals surface area (Å²) in [4.78, 5) is 31.8. The number of aromatic nitrogens is 1. The van der Waals surface area contributed by atoms with Gasteiger partial charge < -0.3 is 24.7 Å². The summed E-state index contributed by atoms with van der Waals surface area (Å²) in [5, 5.41) is 3.18. The van der Waals surface area contributed by atoms with Gasteiger partial charge in [-0.3, -0.25) is 9.59 Å². The van der Waals surface area contributed by atoms with E-state index < -0.39 is 6.04 Å². The highest BCUT2D eigenvalue weighted by atomic mass is 16.7. The SMILES string of the molecule is C[C@@H](C(=O)NC1CCCCC1)N(Cc1ccc2c(c1)OCO2)C(=O)c1ccc(-c2ccccc2)[nH]1. The molecule has 1 atom stereocenters. The molecule has 1 aliphatic carbocycles. The molecule has 0 spiro atoms. The number of nitrogens with zero attached hydrogens (tertiary/aromatic N) is 1. The zero-order valence-corrected chi connectivity index (χ0v) is 20.0. The molecule has 1 aliphatic heterocycles. The summed E-state index contributed by atoms with van der Waals surface area (Å²) in [7, 11) is 0. The van der Waals surface area contributed by atoms with Gasteiger partial charge in [0.25, 0.3) is 5.91 Å². The molecule has 1 fully saturated rings. The molecule has 35 heavy (non-hydrogen) atoms. The van der Waals surface area contributed by atoms with Crippen LogP contribution in [-0.2, 0) is 11.3 Å². The third-order valence-corrected chi connectivity index (χ3v) is 6.85. The lowest BCUT2D eigenvalue weighted by Gasteiger charge is -2.31. The van der Waals surface area contributed by atoms with E-state index in [-0.39, 0.29) is 31.2 Å². The van der Waals surface area contributed by atoms with E-state index in [9.17, 15) is 9.59 Å². The van der Waals surface area contributed by atoms with Crippen molar-refractivity contribution >= 4 is 11.8 Å². The predicted octanol–water partition coefficient (Wildman–Crippen LogP) is 4.89. The monoisotopic (exact) mass is 473 g/mol. The van der Waals surface area contributed by atoms with Crippen LogP contribution >= 0.6 is 0 Å². The van der Waals surface area contributed by atoms with Gasteiger partial charge in [0.05, 0.1) is 0 Å². The first-order chi connectivity index (χ1) is 17.1. The van der Waals surface area contributed by atoms with Crippen LogP contribution in [0.1, 0.15) is 55.1 Å². The Hall–Kier alpha value is -3.74. The molecule has 0 saturated heterocycles. The number of amides is 2. The molecule has 1 saturated carbocycles. The molecule has 0 radical (unpaired) electrons. The van der Waals surface area contributed by atoms with Crippen LogP contribution in [0.3, 0.4) is 0 Å². The van der Waals surface area contributed by atoms with Gasteiger partial charge in [0.2, 0.25) is 12.7 Å². The van der Waals surface area contributed by atoms with E-state index in [1.165, 1.54) is 6.42 Å². The Labute approximate surface area is 205 Å². The van der Waals surface area contributed by atoms with Crippen molar-refractivity contribution in [2.45, 2.75) is 57.7 Å². The number of benzene rings is 2. The molecule has 0 unspecified atom stereocenters. The van der Waals surface area contributed by atoms with Crippen molar-refractivity contribution in [2.24, 2.45) is 0 Å². The van der Waals surface area contributed by atoms with Crippen LogP contribution in [0.4, 0.5) is 0 Å². The summed E-state index contributed by atoms with van der Waals surface area (Å²) in [6.45, 7) is 2.25. The fourth-order valence-corrected chi connectivity index (χ4v) is 4.79. The summed E-state index contributed by atoms with van der Waals surface area (Å²) in [6.07, 6.45) is 5.46. The predicted molar refractivity (Wildman–Crippen MR) is 133 cm³/mol. The smallest absolute Gasteiger partial charge is 0.271 e. The molecule has 7 nitrogen and oxygen atoms in total. The fourth-order valence-electron chi connectivity index (χ4n) is 4.79. The van der Waals surface area contributed by atoms with Crippen LogP contribution in [0.2, 0.25) is 0 Å². The zero-order chi connectivity index (χ0) is 24.2. The first kappa shape index (κ1) is 23.0. The normalized spacial score (nSPS) is 16.0. The van der Waals surface area contributed by atoms with Crippen molar-refractivity contribution in [1.29, 1.82) is 0 Å². The van der Waals surface area contributed by atoms with Crippen LogP contribution in [0, 0.1) is 0 Å². The van der Waals surface area contributed by atoms with Gasteiger partial charge in [-0.15, -0.1) is 0 Å². The van der Waals surface area contributed by atoms with Gasteiger partial charge in [-0.05, 0) is 55.2 Å². The maximum Gasteiger partial charge on any atom is 0.271 e. The Kier molecular flexibility index (Phi) is 6.75. The molecule has 2 heterocycles. The van der Waals surface area contributed by atoms with Gasteiger partial charge in [0.1, 0.15) is 11.7 Å². The Balaban J connectivity index is 1.39. The van der Waals surface area contributed by atoms with Crippen LogP contribution in [0.15, 0.2) is 60.7 Å². The number of hydrogen-bond donors (Lipinski definition) is 2. The number of ether oxygens (including phenoxy) is 2. The Morgan fingerprint density at radius 1 is 1.00 bits per heavy atom. The van der Waals surface area contributed by atoms with E-state index in [1.807, 2.05) is 54.6 Å². The highest BCUT2D eigenvalue weighted by Crippen LogP contribution is 2.33. The molecule has 5 rings (SSSR count). The molecular weight excluding hydrogens is 442 g/mol. The molecule has 2 N–H and O–H groups in total. The van der Waals surface area contributed by atoms with E-state index in [1.54, 1.807) is 17.9 Å². The highest BCUT2D eigenvalue weighted by molar-refractivity contribution is 5.97. The third kappa shape index (κ3) is 5.19. The van der Waals surface area contributed by atoms with Gasteiger partial charge >= 0.3 is 0 Å². The van der Waals surface area contributed by atoms with Crippen LogP contribution in [-0.4, -0.2) is 40.6 Å². The average Bonchev–Trinajstić information content (AvgIpc) is 3.57. The number of H-pyrrole nitrogens is 1. The number of rotatable bonds is 7. The van der Waals surface area contributed by atoms with E-state index in [0.717, 1.165) is 42.5 Å². The fraction of sp³-hybridized carbons (Fsp3) is 0.357. The molecule has 182 valence electrons. The van der Waals surface area contributed by atoms with Crippen LogP contribution < -0.4 is 14.8 Å². The molecular formula is C28H31N3O4. The van der Waals surface area contributed by atoms with Crippen LogP contribution in [0.25, 0.3) is 11.3 Å². The number of carbonyl (C=O) groups is 2. The lowest BCUT2D eigenvalue weighted by molar-refractivity contribution is -0.126. The Bertz CT molecular complexity index is 1180. The quantitative estimate of drug-likeness (QED) is 0.512. The lowest BCUT2D eigenvalue weighted by Crippen LogP contribution is -2.50. The van der Waals surface area contributed by atoms with Crippen molar-refractivity contribution in [1.82, 2.24) is 15.2 Å². The Morgan fingerprint density at radius 2 is 1.77 bits per heavy atom. The number of hydrogen-bond acceptors (Lipinski definition) is 4. The van der Waals surface area contributed by atoms with Crippen molar-refractivity contribution in [2.75, 3.05) is 6.79 Å². The molecule has 7 heteroatoms. The van der Waals surface area contributed by atoms with Crippen molar-refractivity contribution < 1.29 is 19.1 Å². The summed E-state index contributed by atoms with van der Waals surface area (Å²) < 4.78 is 10.9. The number of fused-ring (bicyclic) bond motifs is 1. The molecule has 3 aromatic rings. The number of aromatic amines is 1. The average molecular weight is 474 g/mol. The summed E-state index contributed by atoms with van der Waals surface area (Å²) in [5.74, 6) is 0.990. The third-order valence-electron chi connectivity index (χ3n) is 6.85. The summed E-state index contributed by atoms with van der Waals surface area (Å²) in [5.41, 5.74) is 3.17. The van der Waals surface area contributed by atoms with Gasteiger partial charge in [-0.25, -0.2) is 0 Å². The minimum atomic E-state index is -0.640. The van der Waals surface area contributed by atoms with E-state index in [4.69, 9.17) is 9.47 Å². The van der Waals surface area contributed by atoms with Gasteiger partial charge in [0, 0.05) is 18.3 Å². The minimum absolute atomic E-state index is 0.124. The number of nitrogens with one attached hydrogen (secondary N) is 2. The van der Waals surface area contributed by atoms with E-state index in [2.05, 4.69) is 10.3 Å². The highest BCUT2D eigenvalue weighted by Gasteiger charge is 2.30. The first-order valence-corrected chi connectivity index (χ1v) is 12.3. The largest absolute Gasteiger partial charge is 0.454 e. The lowest BCUT2D eigenvalue weighted by atomic mass is 9.95. The summed E-state index contributed by atoms with van der Waals surface area (Å²) >= 11 is 0. The first-order valence-electron chi connectivity index (χ1n) is 12.3. The maximum absolute atomic E-state index is 13.7. The molecule has 2 amide bonds. The van der Waals surface area contributed by atoms with Gasteiger partial charge in [-0.1, -0.05) is 55.7 Å². The maximum atomic E-state index is 13.7. The molecule has 2 aliphatic rings. The van der Waals surface area contributed by atoms with E-state index >= 15 is 0 Å². The zero-order valence-electron chi connectivity index (χ0n) is 20.0. The Morgan fingerprint density at radius 3 is 2.57 bits per heavy atom. The second-order valence-corrected chi connectivity index (χ2v) is 9.29. The second-order valence-electron chi connectivity index (χ2n) is 9.29. The van der Waals surface area contributed by atoms with Gasteiger partial charge in [-0.2, -0.15) is 0 Å². The topological polar surface area (TPSA) is 83.7 Å². The van der Waals surface area contributed by atoms with Crippen molar-refractivity contribution in [3.63, 3.8) is 0 Å². The van der Waals surface area contributed by atoms with Crippen molar-refractivity contribution in [3.05, 3.63) is 71.9 Å². The molecule has 2 aromatic carbocycles. The van der Waals surface area contributed by atoms with E-state index in [0.29, 0.717) is 17.2 Å². The molecule has 1 aromatic heterocycles. The van der Waals surface area contributed by atoms with Gasteiger partial charge in [0.15, 0.2) is 11.5 Å². The molecule has 0 bridgehead atoms. The van der Waals surface area contributed by atoms with Crippen molar-refractivity contribution in [3.8, 4) is 22.8 Å². The second kappa shape index (κ2) is 10.3. The summed E-state index contributed by atoms with van der Waals surface area (Å²) in [6, 6.07) is 18.7.